The molecule has 10 nitrogen and oxygen atoms in total. The number of hydrogen-bond donors (Lipinski definition) is 3. The van der Waals surface area contributed by atoms with Crippen molar-refractivity contribution >= 4 is 19.8 Å². The first-order chi connectivity index (χ1) is 33.7. The van der Waals surface area contributed by atoms with E-state index >= 15 is 0 Å². The number of carbonyl (C=O) groups excluding carboxylic acids is 2. The lowest BCUT2D eigenvalue weighted by Gasteiger charge is -2.20. The second-order valence-corrected chi connectivity index (χ2v) is 21.8. The van der Waals surface area contributed by atoms with Gasteiger partial charge in [0.15, 0.2) is 6.10 Å². The highest BCUT2D eigenvalue weighted by Gasteiger charge is 2.27. The van der Waals surface area contributed by atoms with Crippen LogP contribution in [0.25, 0.3) is 0 Å². The number of carbonyl (C=O) groups is 2. The summed E-state index contributed by atoms with van der Waals surface area (Å²) in [5.74, 6) is -0.904. The second kappa shape index (κ2) is 54.5. The minimum absolute atomic E-state index is 0.189. The van der Waals surface area contributed by atoms with Crippen molar-refractivity contribution in [2.75, 3.05) is 26.4 Å². The Hall–Kier alpha value is -1.29. The summed E-state index contributed by atoms with van der Waals surface area (Å²) in [7, 11) is -4.62. The van der Waals surface area contributed by atoms with Crippen molar-refractivity contribution in [2.24, 2.45) is 0 Å². The average Bonchev–Trinajstić information content (AvgIpc) is 3.34. The fourth-order valence-electron chi connectivity index (χ4n) is 8.88. The Morgan fingerprint density at radius 3 is 1.04 bits per heavy atom. The molecule has 3 N–H and O–H groups in total. The smallest absolute Gasteiger partial charge is 0.462 e. The summed E-state index contributed by atoms with van der Waals surface area (Å²) in [5, 5.41) is 18.5. The number of phosphoric ester groups is 1. The van der Waals surface area contributed by atoms with E-state index in [-0.39, 0.29) is 19.4 Å². The molecule has 0 rings (SSSR count). The van der Waals surface area contributed by atoms with Crippen LogP contribution in [0.3, 0.4) is 0 Å². The maximum atomic E-state index is 12.7. The van der Waals surface area contributed by atoms with Crippen LogP contribution in [0.1, 0.15) is 309 Å². The fourth-order valence-corrected chi connectivity index (χ4v) is 9.67. The molecule has 69 heavy (non-hydrogen) atoms. The SMILES string of the molecule is CCCCCCCCCC/C=C\CCCCCCCCCCCCCC(=O)OC(COC(=O)CCCCCCCCCCCCCCCCCCCCCCCCC)COP(=O)(O)OCC(O)CO. The van der Waals surface area contributed by atoms with E-state index in [1.54, 1.807) is 0 Å². The molecule has 0 aromatic rings. The highest BCUT2D eigenvalue weighted by Crippen LogP contribution is 2.43. The Bertz CT molecular complexity index is 1150. The van der Waals surface area contributed by atoms with Gasteiger partial charge in [-0.25, -0.2) is 4.57 Å². The van der Waals surface area contributed by atoms with Crippen LogP contribution in [0.2, 0.25) is 0 Å². The fraction of sp³-hybridized carbons (Fsp3) is 0.931. The summed E-state index contributed by atoms with van der Waals surface area (Å²) in [6, 6.07) is 0. The standard InChI is InChI=1S/C58H113O10P/c1-3-5-7-9-11-13-15-17-19-21-23-25-27-29-31-33-35-37-39-41-43-45-47-49-57(61)65-53-56(54-67-69(63,64)66-52-55(60)51-59)68-58(62)50-48-46-44-42-40-38-36-34-32-30-28-26-24-22-20-18-16-14-12-10-8-6-4-2/h22,24,55-56,59-60H,3-21,23,25-54H2,1-2H3,(H,63,64)/b24-22-. The van der Waals surface area contributed by atoms with Gasteiger partial charge in [0.25, 0.3) is 0 Å². The Balaban J connectivity index is 4.04. The second-order valence-electron chi connectivity index (χ2n) is 20.4. The lowest BCUT2D eigenvalue weighted by molar-refractivity contribution is -0.161. The van der Waals surface area contributed by atoms with Crippen LogP contribution >= 0.6 is 7.82 Å². The van der Waals surface area contributed by atoms with Crippen LogP contribution in [0.4, 0.5) is 0 Å². The summed E-state index contributed by atoms with van der Waals surface area (Å²) < 4.78 is 33.0. The zero-order chi connectivity index (χ0) is 50.4. The van der Waals surface area contributed by atoms with Gasteiger partial charge in [0.2, 0.25) is 0 Å². The van der Waals surface area contributed by atoms with Gasteiger partial charge in [0, 0.05) is 12.8 Å². The topological polar surface area (TPSA) is 149 Å². The highest BCUT2D eigenvalue weighted by molar-refractivity contribution is 7.47. The minimum Gasteiger partial charge on any atom is -0.462 e. The van der Waals surface area contributed by atoms with Crippen LogP contribution in [-0.4, -0.2) is 65.7 Å². The molecule has 0 radical (unpaired) electrons. The average molecular weight is 1000 g/mol. The molecule has 0 aliphatic carbocycles. The molecule has 3 unspecified atom stereocenters. The number of esters is 2. The number of allylic oxidation sites excluding steroid dienone is 2. The molecule has 0 amide bonds. The van der Waals surface area contributed by atoms with Gasteiger partial charge < -0.3 is 24.6 Å². The molecule has 0 saturated heterocycles. The predicted molar refractivity (Wildman–Crippen MR) is 289 cm³/mol. The molecule has 0 spiro atoms. The molecule has 0 saturated carbocycles. The maximum absolute atomic E-state index is 12.7. The first-order valence-corrected chi connectivity index (χ1v) is 31.1. The van der Waals surface area contributed by atoms with E-state index in [0.717, 1.165) is 32.1 Å². The zero-order valence-corrected chi connectivity index (χ0v) is 46.2. The third kappa shape index (κ3) is 54.3. The molecule has 0 aliphatic heterocycles. The lowest BCUT2D eigenvalue weighted by atomic mass is 10.0. The van der Waals surface area contributed by atoms with Crippen LogP contribution < -0.4 is 0 Å². The molecular weight excluding hydrogens is 888 g/mol. The van der Waals surface area contributed by atoms with E-state index in [0.29, 0.717) is 12.8 Å². The number of hydrogen-bond acceptors (Lipinski definition) is 9. The van der Waals surface area contributed by atoms with E-state index in [9.17, 15) is 24.2 Å². The molecule has 410 valence electrons. The first-order valence-electron chi connectivity index (χ1n) is 29.6. The molecule has 0 aromatic heterocycles. The van der Waals surface area contributed by atoms with Gasteiger partial charge in [-0.1, -0.05) is 270 Å². The monoisotopic (exact) mass is 1000 g/mol. The van der Waals surface area contributed by atoms with Crippen LogP contribution in [0, 0.1) is 0 Å². The largest absolute Gasteiger partial charge is 0.472 e. The number of rotatable bonds is 57. The van der Waals surface area contributed by atoms with Crippen molar-refractivity contribution in [3.63, 3.8) is 0 Å². The Morgan fingerprint density at radius 1 is 0.420 bits per heavy atom. The molecule has 0 heterocycles. The molecule has 0 bridgehead atoms. The quantitative estimate of drug-likeness (QED) is 0.0233. The molecule has 3 atom stereocenters. The summed E-state index contributed by atoms with van der Waals surface area (Å²) in [6.07, 6.45) is 59.1. The zero-order valence-electron chi connectivity index (χ0n) is 45.3. The number of ether oxygens (including phenoxy) is 2. The first kappa shape index (κ1) is 67.7. The molecular formula is C58H113O10P. The number of unbranched alkanes of at least 4 members (excludes halogenated alkanes) is 41. The normalized spacial score (nSPS) is 13.5. The van der Waals surface area contributed by atoms with Gasteiger partial charge in [-0.2, -0.15) is 0 Å². The molecule has 0 aromatic carbocycles. The van der Waals surface area contributed by atoms with Crippen LogP contribution in [-0.2, 0) is 32.7 Å². The molecule has 11 heteroatoms. The minimum atomic E-state index is -4.62. The maximum Gasteiger partial charge on any atom is 0.472 e. The Labute approximate surface area is 426 Å². The van der Waals surface area contributed by atoms with E-state index in [4.69, 9.17) is 23.6 Å². The van der Waals surface area contributed by atoms with Crippen molar-refractivity contribution in [3.8, 4) is 0 Å². The van der Waals surface area contributed by atoms with Gasteiger partial charge in [-0.15, -0.1) is 0 Å². The number of aliphatic hydroxyl groups excluding tert-OH is 2. The van der Waals surface area contributed by atoms with Gasteiger partial charge in [-0.05, 0) is 38.5 Å². The number of aliphatic hydroxyl groups is 2. The van der Waals surface area contributed by atoms with Crippen molar-refractivity contribution in [2.45, 2.75) is 321 Å². The van der Waals surface area contributed by atoms with E-state index in [1.807, 2.05) is 0 Å². The third-order valence-corrected chi connectivity index (χ3v) is 14.4. The summed E-state index contributed by atoms with van der Waals surface area (Å²) in [6.45, 7) is 2.46. The van der Waals surface area contributed by atoms with Crippen LogP contribution in [0.15, 0.2) is 12.2 Å². The molecule has 0 fully saturated rings. The number of phosphoric acid groups is 1. The predicted octanol–water partition coefficient (Wildman–Crippen LogP) is 17.5. The van der Waals surface area contributed by atoms with E-state index < -0.39 is 51.8 Å². The van der Waals surface area contributed by atoms with E-state index in [2.05, 4.69) is 26.0 Å². The highest BCUT2D eigenvalue weighted by atomic mass is 31.2. The third-order valence-electron chi connectivity index (χ3n) is 13.4. The van der Waals surface area contributed by atoms with Crippen LogP contribution in [0.5, 0.6) is 0 Å². The van der Waals surface area contributed by atoms with Gasteiger partial charge in [0.1, 0.15) is 12.7 Å². The van der Waals surface area contributed by atoms with Gasteiger partial charge in [-0.3, -0.25) is 18.6 Å². The lowest BCUT2D eigenvalue weighted by Crippen LogP contribution is -2.29. The van der Waals surface area contributed by atoms with Gasteiger partial charge in [0.05, 0.1) is 19.8 Å². The van der Waals surface area contributed by atoms with E-state index in [1.165, 1.54) is 238 Å². The van der Waals surface area contributed by atoms with Gasteiger partial charge >= 0.3 is 19.8 Å². The Morgan fingerprint density at radius 2 is 0.710 bits per heavy atom. The van der Waals surface area contributed by atoms with Crippen molar-refractivity contribution in [3.05, 3.63) is 12.2 Å². The summed E-state index contributed by atoms with van der Waals surface area (Å²) >= 11 is 0. The van der Waals surface area contributed by atoms with Crippen molar-refractivity contribution in [1.29, 1.82) is 0 Å². The van der Waals surface area contributed by atoms with Crippen molar-refractivity contribution in [1.82, 2.24) is 0 Å². The van der Waals surface area contributed by atoms with Crippen molar-refractivity contribution < 1.29 is 47.8 Å². The molecule has 0 aliphatic rings. The summed E-state index contributed by atoms with van der Waals surface area (Å²) in [5.41, 5.74) is 0. The summed E-state index contributed by atoms with van der Waals surface area (Å²) in [4.78, 5) is 35.3. The Kier molecular flexibility index (Phi) is 53.5.